The van der Waals surface area contributed by atoms with Crippen molar-refractivity contribution >= 4 is 5.69 Å². The van der Waals surface area contributed by atoms with E-state index < -0.39 is 0 Å². The van der Waals surface area contributed by atoms with Crippen LogP contribution in [0.5, 0.6) is 11.5 Å². The highest BCUT2D eigenvalue weighted by atomic mass is 16.5. The standard InChI is InChI=1S/C25H36N2O2/c1-5-26(6-2)20-25(21-11-9-12-22(19-21)28-3)15-10-17-27(18-16-25)23-13-7-8-14-24(23)29-4/h7-9,11-14,19H,5-6,10,15-18,20H2,1-4H3. The monoisotopic (exact) mass is 396 g/mol. The molecule has 1 saturated heterocycles. The van der Waals surface area contributed by atoms with Crippen LogP contribution in [0.15, 0.2) is 48.5 Å². The van der Waals surface area contributed by atoms with E-state index in [-0.39, 0.29) is 5.41 Å². The third-order valence-corrected chi connectivity index (χ3v) is 6.47. The first-order valence-corrected chi connectivity index (χ1v) is 10.9. The van der Waals surface area contributed by atoms with Gasteiger partial charge in [0.05, 0.1) is 19.9 Å². The number of benzene rings is 2. The SMILES string of the molecule is CCN(CC)CC1(c2cccc(OC)c2)CCCN(c2ccccc2OC)CC1. The minimum absolute atomic E-state index is 0.136. The van der Waals surface area contributed by atoms with Gasteiger partial charge in [0.1, 0.15) is 11.5 Å². The molecule has 158 valence electrons. The first-order chi connectivity index (χ1) is 14.2. The van der Waals surface area contributed by atoms with Crippen molar-refractivity contribution in [3.63, 3.8) is 0 Å². The number of hydrogen-bond acceptors (Lipinski definition) is 4. The Morgan fingerprint density at radius 3 is 2.45 bits per heavy atom. The zero-order valence-electron chi connectivity index (χ0n) is 18.5. The molecule has 3 rings (SSSR count). The second kappa shape index (κ2) is 10.0. The van der Waals surface area contributed by atoms with E-state index in [4.69, 9.17) is 9.47 Å². The van der Waals surface area contributed by atoms with Gasteiger partial charge >= 0.3 is 0 Å². The molecule has 0 N–H and O–H groups in total. The lowest BCUT2D eigenvalue weighted by Crippen LogP contribution is -2.42. The summed E-state index contributed by atoms with van der Waals surface area (Å²) in [4.78, 5) is 5.07. The first-order valence-electron chi connectivity index (χ1n) is 10.9. The van der Waals surface area contributed by atoms with E-state index in [0.29, 0.717) is 0 Å². The highest BCUT2D eigenvalue weighted by molar-refractivity contribution is 5.58. The minimum atomic E-state index is 0.136. The van der Waals surface area contributed by atoms with Crippen molar-refractivity contribution in [2.45, 2.75) is 38.5 Å². The van der Waals surface area contributed by atoms with Gasteiger partial charge in [-0.2, -0.15) is 0 Å². The van der Waals surface area contributed by atoms with Gasteiger partial charge in [-0.25, -0.2) is 0 Å². The quantitative estimate of drug-likeness (QED) is 0.629. The Balaban J connectivity index is 1.92. The molecule has 0 amide bonds. The zero-order chi connectivity index (χ0) is 20.7. The van der Waals surface area contributed by atoms with E-state index in [1.54, 1.807) is 14.2 Å². The van der Waals surface area contributed by atoms with E-state index in [0.717, 1.165) is 57.1 Å². The number of likely N-dealkylation sites (N-methyl/N-ethyl adjacent to an activating group) is 1. The molecule has 1 atom stereocenters. The summed E-state index contributed by atoms with van der Waals surface area (Å²) < 4.78 is 11.2. The lowest BCUT2D eigenvalue weighted by molar-refractivity contribution is 0.208. The van der Waals surface area contributed by atoms with Crippen LogP contribution in [0.1, 0.15) is 38.7 Å². The van der Waals surface area contributed by atoms with Gasteiger partial charge in [-0.15, -0.1) is 0 Å². The summed E-state index contributed by atoms with van der Waals surface area (Å²) in [6.45, 7) is 9.87. The Bertz CT molecular complexity index is 775. The van der Waals surface area contributed by atoms with Crippen LogP contribution in [0.3, 0.4) is 0 Å². The summed E-state index contributed by atoms with van der Waals surface area (Å²) in [6, 6.07) is 17.1. The first kappa shape index (κ1) is 21.5. The normalized spacial score (nSPS) is 19.8. The fraction of sp³-hybridized carbons (Fsp3) is 0.520. The van der Waals surface area contributed by atoms with Gasteiger partial charge in [0.25, 0.3) is 0 Å². The molecular formula is C25H36N2O2. The molecule has 0 aromatic heterocycles. The van der Waals surface area contributed by atoms with Gasteiger partial charge in [-0.3, -0.25) is 0 Å². The van der Waals surface area contributed by atoms with Crippen LogP contribution < -0.4 is 14.4 Å². The Kier molecular flexibility index (Phi) is 7.43. The van der Waals surface area contributed by atoms with Crippen molar-refractivity contribution in [3.8, 4) is 11.5 Å². The third kappa shape index (κ3) is 4.87. The molecule has 1 fully saturated rings. The number of hydrogen-bond donors (Lipinski definition) is 0. The van der Waals surface area contributed by atoms with Crippen molar-refractivity contribution in [2.24, 2.45) is 0 Å². The molecule has 29 heavy (non-hydrogen) atoms. The molecule has 2 aromatic rings. The average Bonchev–Trinajstić information content (AvgIpc) is 3.01. The topological polar surface area (TPSA) is 24.9 Å². The van der Waals surface area contributed by atoms with Gasteiger partial charge < -0.3 is 19.3 Å². The predicted molar refractivity (Wildman–Crippen MR) is 122 cm³/mol. The lowest BCUT2D eigenvalue weighted by atomic mass is 9.74. The Labute approximate surface area is 176 Å². The van der Waals surface area contributed by atoms with Crippen LogP contribution in [-0.4, -0.2) is 51.8 Å². The van der Waals surface area contributed by atoms with E-state index in [1.165, 1.54) is 17.7 Å². The minimum Gasteiger partial charge on any atom is -0.497 e. The van der Waals surface area contributed by atoms with Gasteiger partial charge in [0.2, 0.25) is 0 Å². The molecule has 4 heteroatoms. The fourth-order valence-electron chi connectivity index (χ4n) is 4.69. The summed E-state index contributed by atoms with van der Waals surface area (Å²) in [5.74, 6) is 1.91. The summed E-state index contributed by atoms with van der Waals surface area (Å²) in [7, 11) is 3.52. The zero-order valence-corrected chi connectivity index (χ0v) is 18.5. The molecule has 0 aliphatic carbocycles. The lowest BCUT2D eigenvalue weighted by Gasteiger charge is -2.38. The van der Waals surface area contributed by atoms with Gasteiger partial charge in [-0.1, -0.05) is 38.1 Å². The number of ether oxygens (including phenoxy) is 2. The number of anilines is 1. The van der Waals surface area contributed by atoms with E-state index in [2.05, 4.69) is 60.0 Å². The largest absolute Gasteiger partial charge is 0.497 e. The Morgan fingerprint density at radius 1 is 0.931 bits per heavy atom. The molecule has 1 unspecified atom stereocenters. The number of rotatable bonds is 8. The summed E-state index contributed by atoms with van der Waals surface area (Å²) in [6.07, 6.45) is 3.47. The van der Waals surface area contributed by atoms with Gasteiger partial charge in [0.15, 0.2) is 0 Å². The molecule has 4 nitrogen and oxygen atoms in total. The van der Waals surface area contributed by atoms with Crippen molar-refractivity contribution in [1.29, 1.82) is 0 Å². The van der Waals surface area contributed by atoms with Crippen LogP contribution >= 0.6 is 0 Å². The molecule has 0 saturated carbocycles. The van der Waals surface area contributed by atoms with Crippen LogP contribution in [-0.2, 0) is 5.41 Å². The van der Waals surface area contributed by atoms with Crippen LogP contribution in [0.2, 0.25) is 0 Å². The fourth-order valence-corrected chi connectivity index (χ4v) is 4.69. The molecule has 1 heterocycles. The van der Waals surface area contributed by atoms with Crippen LogP contribution in [0, 0.1) is 0 Å². The molecule has 2 aromatic carbocycles. The molecule has 1 aliphatic rings. The third-order valence-electron chi connectivity index (χ3n) is 6.47. The molecule has 1 aliphatic heterocycles. The molecular weight excluding hydrogens is 360 g/mol. The Morgan fingerprint density at radius 2 is 1.72 bits per heavy atom. The van der Waals surface area contributed by atoms with Crippen molar-refractivity contribution in [3.05, 3.63) is 54.1 Å². The maximum absolute atomic E-state index is 5.64. The second-order valence-corrected chi connectivity index (χ2v) is 7.99. The summed E-state index contributed by atoms with van der Waals surface area (Å²) in [5.41, 5.74) is 2.75. The maximum atomic E-state index is 5.64. The van der Waals surface area contributed by atoms with Crippen LogP contribution in [0.4, 0.5) is 5.69 Å². The highest BCUT2D eigenvalue weighted by Gasteiger charge is 2.36. The van der Waals surface area contributed by atoms with E-state index in [1.807, 2.05) is 12.1 Å². The molecule has 0 radical (unpaired) electrons. The van der Waals surface area contributed by atoms with Crippen molar-refractivity contribution < 1.29 is 9.47 Å². The number of nitrogens with zero attached hydrogens (tertiary/aromatic N) is 2. The number of methoxy groups -OCH3 is 2. The van der Waals surface area contributed by atoms with E-state index >= 15 is 0 Å². The van der Waals surface area contributed by atoms with Gasteiger partial charge in [0, 0.05) is 25.0 Å². The molecule has 0 bridgehead atoms. The van der Waals surface area contributed by atoms with E-state index in [9.17, 15) is 0 Å². The average molecular weight is 397 g/mol. The number of para-hydroxylation sites is 2. The predicted octanol–water partition coefficient (Wildman–Crippen LogP) is 4.97. The second-order valence-electron chi connectivity index (χ2n) is 7.99. The Hall–Kier alpha value is -2.20. The van der Waals surface area contributed by atoms with Crippen LogP contribution in [0.25, 0.3) is 0 Å². The van der Waals surface area contributed by atoms with Crippen molar-refractivity contribution in [2.75, 3.05) is 51.8 Å². The summed E-state index contributed by atoms with van der Waals surface area (Å²) >= 11 is 0. The smallest absolute Gasteiger partial charge is 0.142 e. The highest BCUT2D eigenvalue weighted by Crippen LogP contribution is 2.40. The van der Waals surface area contributed by atoms with Gasteiger partial charge in [-0.05, 0) is 62.2 Å². The summed E-state index contributed by atoms with van der Waals surface area (Å²) in [5, 5.41) is 0. The van der Waals surface area contributed by atoms with Crippen molar-refractivity contribution in [1.82, 2.24) is 4.90 Å². The molecule has 0 spiro atoms. The maximum Gasteiger partial charge on any atom is 0.142 e.